The molecule has 6 fully saturated rings. The van der Waals surface area contributed by atoms with E-state index < -0.39 is 23.3 Å². The van der Waals surface area contributed by atoms with Crippen molar-refractivity contribution in [3.63, 3.8) is 0 Å². The number of halogens is 4. The maximum Gasteiger partial charge on any atom is 0.201 e. The van der Waals surface area contributed by atoms with Gasteiger partial charge in [0.1, 0.15) is 0 Å². The molecule has 0 radical (unpaired) electrons. The first-order valence-electron chi connectivity index (χ1n) is 33.3. The average molecular weight is 1040 g/mol. The summed E-state index contributed by atoms with van der Waals surface area (Å²) in [5.74, 6) is 4.28. The summed E-state index contributed by atoms with van der Waals surface area (Å²) in [6.45, 7) is 9.14. The Morgan fingerprint density at radius 3 is 0.907 bits per heavy atom. The number of unbranched alkanes of at least 4 members (excludes halogenated alkanes) is 4. The average Bonchev–Trinajstić information content (AvgIpc) is 3.43. The van der Waals surface area contributed by atoms with Crippen LogP contribution >= 0.6 is 0 Å². The van der Waals surface area contributed by atoms with Crippen LogP contribution in [0.2, 0.25) is 0 Å². The van der Waals surface area contributed by atoms with E-state index in [0.29, 0.717) is 60.5 Å². The highest BCUT2D eigenvalue weighted by molar-refractivity contribution is 5.45. The fourth-order valence-electron chi connectivity index (χ4n) is 17.3. The quantitative estimate of drug-likeness (QED) is 0.0674. The van der Waals surface area contributed by atoms with E-state index >= 15 is 17.6 Å². The van der Waals surface area contributed by atoms with Crippen molar-refractivity contribution in [2.24, 2.45) is 71.0 Å². The molecule has 2 aromatic rings. The maximum absolute atomic E-state index is 16.9. The number of rotatable bonds is 26. The molecule has 6 aliphatic carbocycles. The van der Waals surface area contributed by atoms with Crippen LogP contribution in [0.15, 0.2) is 12.1 Å². The molecule has 424 valence electrons. The monoisotopic (exact) mass is 1040 g/mol. The number of hydrogen-bond donors (Lipinski definition) is 0. The Morgan fingerprint density at radius 1 is 0.320 bits per heavy atom. The minimum absolute atomic E-state index is 0.287. The first kappa shape index (κ1) is 59.1. The third-order valence-electron chi connectivity index (χ3n) is 22.2. The van der Waals surface area contributed by atoms with Gasteiger partial charge in [-0.1, -0.05) is 182 Å². The Kier molecular flexibility index (Phi) is 24.0. The van der Waals surface area contributed by atoms with Crippen LogP contribution in [-0.4, -0.2) is 0 Å². The van der Waals surface area contributed by atoms with Crippen molar-refractivity contribution in [1.29, 1.82) is 0 Å². The Hall–Kier alpha value is -2.04. The van der Waals surface area contributed by atoms with Gasteiger partial charge in [0.15, 0.2) is 23.1 Å². The number of hydrogen-bond acceptors (Lipinski definition) is 1. The lowest BCUT2D eigenvalue weighted by Crippen LogP contribution is -2.26. The van der Waals surface area contributed by atoms with E-state index in [1.54, 1.807) is 12.1 Å². The highest BCUT2D eigenvalue weighted by atomic mass is 19.2. The zero-order chi connectivity index (χ0) is 52.5. The maximum atomic E-state index is 16.9. The van der Waals surface area contributed by atoms with E-state index in [0.717, 1.165) is 97.0 Å². The standard InChI is InChI=1S/C70H110F4O/c1-5-9-11-15-51-25-35-57(36-26-51)59-39-29-53(30-40-59)33-43-63-61(45-55-21-17-49(13-7-3)18-22-55)47-65(69(73)67(63)71)75-66-48-62(46-56-23-19-50(14-8-4)20-24-56)64(68(72)70(66)74)44-34-54-31-41-60(42-32-54)58-37-27-52(28-38-58)16-12-10-6-2/h47-60H,5-46H2,1-4H3. The molecule has 0 aliphatic heterocycles. The van der Waals surface area contributed by atoms with Crippen molar-refractivity contribution in [3.05, 3.63) is 57.7 Å². The Bertz CT molecular complexity index is 1800. The molecule has 6 saturated carbocycles. The Balaban J connectivity index is 0.947. The van der Waals surface area contributed by atoms with Gasteiger partial charge in [-0.25, -0.2) is 8.78 Å². The Labute approximate surface area is 457 Å². The van der Waals surface area contributed by atoms with Crippen molar-refractivity contribution < 1.29 is 22.3 Å². The fourth-order valence-corrected chi connectivity index (χ4v) is 17.3. The highest BCUT2D eigenvalue weighted by Gasteiger charge is 2.35. The summed E-state index contributed by atoms with van der Waals surface area (Å²) in [5, 5.41) is 0. The van der Waals surface area contributed by atoms with Crippen molar-refractivity contribution in [2.45, 2.75) is 297 Å². The summed E-state index contributed by atoms with van der Waals surface area (Å²) >= 11 is 0. The molecular formula is C70H110F4O. The molecule has 6 aliphatic rings. The molecule has 0 spiro atoms. The molecule has 8 rings (SSSR count). The van der Waals surface area contributed by atoms with Gasteiger partial charge < -0.3 is 4.74 Å². The van der Waals surface area contributed by atoms with Crippen LogP contribution in [-0.2, 0) is 25.7 Å². The molecule has 75 heavy (non-hydrogen) atoms. The molecule has 0 amide bonds. The zero-order valence-electron chi connectivity index (χ0n) is 48.7. The van der Waals surface area contributed by atoms with E-state index in [2.05, 4.69) is 27.7 Å². The van der Waals surface area contributed by atoms with Gasteiger partial charge in [0.25, 0.3) is 0 Å². The van der Waals surface area contributed by atoms with E-state index in [1.165, 1.54) is 205 Å². The first-order chi connectivity index (χ1) is 36.6. The molecule has 0 bridgehead atoms. The van der Waals surface area contributed by atoms with Crippen LogP contribution in [0.25, 0.3) is 0 Å². The predicted octanol–water partition coefficient (Wildman–Crippen LogP) is 22.6. The van der Waals surface area contributed by atoms with Gasteiger partial charge >= 0.3 is 0 Å². The van der Waals surface area contributed by atoms with Gasteiger partial charge in [0.2, 0.25) is 11.6 Å². The molecule has 0 unspecified atom stereocenters. The summed E-state index contributed by atoms with van der Waals surface area (Å²) in [5.41, 5.74) is 2.64. The molecule has 0 aromatic heterocycles. The topological polar surface area (TPSA) is 9.23 Å². The minimum Gasteiger partial charge on any atom is -0.451 e. The predicted molar refractivity (Wildman–Crippen MR) is 308 cm³/mol. The van der Waals surface area contributed by atoms with Crippen molar-refractivity contribution in [2.75, 3.05) is 0 Å². The molecule has 0 atom stereocenters. The van der Waals surface area contributed by atoms with Gasteiger partial charge in [-0.15, -0.1) is 0 Å². The lowest BCUT2D eigenvalue weighted by molar-refractivity contribution is 0.140. The third-order valence-corrected chi connectivity index (χ3v) is 22.2. The number of benzene rings is 2. The van der Waals surface area contributed by atoms with Crippen LogP contribution in [0.5, 0.6) is 11.5 Å². The lowest BCUT2D eigenvalue weighted by atomic mass is 9.68. The van der Waals surface area contributed by atoms with E-state index in [9.17, 15) is 0 Å². The molecule has 0 saturated heterocycles. The fraction of sp³-hybridized carbons (Fsp3) is 0.829. The summed E-state index contributed by atoms with van der Waals surface area (Å²) in [7, 11) is 0. The molecular weight excluding hydrogens is 933 g/mol. The van der Waals surface area contributed by atoms with Crippen molar-refractivity contribution in [1.82, 2.24) is 0 Å². The summed E-state index contributed by atoms with van der Waals surface area (Å²) < 4.78 is 73.4. The van der Waals surface area contributed by atoms with E-state index in [4.69, 9.17) is 4.74 Å². The first-order valence-corrected chi connectivity index (χ1v) is 33.3. The molecule has 0 N–H and O–H groups in total. The Morgan fingerprint density at radius 2 is 0.600 bits per heavy atom. The van der Waals surface area contributed by atoms with Crippen LogP contribution in [0, 0.1) is 94.3 Å². The van der Waals surface area contributed by atoms with Gasteiger partial charge in [-0.3, -0.25) is 0 Å². The van der Waals surface area contributed by atoms with E-state index in [1.807, 2.05) is 0 Å². The second-order valence-corrected chi connectivity index (χ2v) is 27.3. The number of ether oxygens (including phenoxy) is 1. The summed E-state index contributed by atoms with van der Waals surface area (Å²) in [6, 6.07) is 3.41. The minimum atomic E-state index is -1.05. The highest BCUT2D eigenvalue weighted by Crippen LogP contribution is 2.47. The second kappa shape index (κ2) is 30.5. The summed E-state index contributed by atoms with van der Waals surface area (Å²) in [4.78, 5) is 0. The van der Waals surface area contributed by atoms with Gasteiger partial charge in [0.05, 0.1) is 0 Å². The lowest BCUT2D eigenvalue weighted by Gasteiger charge is -2.38. The van der Waals surface area contributed by atoms with Crippen LogP contribution in [0.4, 0.5) is 17.6 Å². The van der Waals surface area contributed by atoms with E-state index in [-0.39, 0.29) is 11.5 Å². The van der Waals surface area contributed by atoms with Crippen molar-refractivity contribution >= 4 is 0 Å². The van der Waals surface area contributed by atoms with Crippen LogP contribution in [0.1, 0.15) is 294 Å². The van der Waals surface area contributed by atoms with Crippen LogP contribution in [0.3, 0.4) is 0 Å². The third kappa shape index (κ3) is 17.0. The van der Waals surface area contributed by atoms with Gasteiger partial charge in [-0.2, -0.15) is 8.78 Å². The summed E-state index contributed by atoms with van der Waals surface area (Å²) in [6.07, 6.45) is 50.3. The zero-order valence-corrected chi connectivity index (χ0v) is 48.7. The van der Waals surface area contributed by atoms with Crippen molar-refractivity contribution in [3.8, 4) is 11.5 Å². The molecule has 5 heteroatoms. The smallest absolute Gasteiger partial charge is 0.201 e. The largest absolute Gasteiger partial charge is 0.451 e. The molecule has 0 heterocycles. The second-order valence-electron chi connectivity index (χ2n) is 27.3. The van der Waals surface area contributed by atoms with Gasteiger partial charge in [-0.05, 0) is 221 Å². The molecule has 2 aromatic carbocycles. The van der Waals surface area contributed by atoms with Crippen LogP contribution < -0.4 is 4.74 Å². The molecule has 1 nitrogen and oxygen atoms in total. The SMILES string of the molecule is CCCCCC1CCC(C2CCC(CCc3c(CC4CCC(CCC)CC4)cc(Oc4cc(CC5CCC(CCC)CC5)c(CCC5CCC(C6CCC(CCCCC)CC6)CC5)c(F)c4F)c(F)c3F)CC2)CC1. The normalized spacial score (nSPS) is 30.9. The van der Waals surface area contributed by atoms with Gasteiger partial charge in [0, 0.05) is 0 Å².